The fourth-order valence-electron chi connectivity index (χ4n) is 1.78. The molecule has 0 saturated carbocycles. The van der Waals surface area contributed by atoms with Gasteiger partial charge in [-0.25, -0.2) is 0 Å². The van der Waals surface area contributed by atoms with Gasteiger partial charge < -0.3 is 5.32 Å². The van der Waals surface area contributed by atoms with Crippen molar-refractivity contribution in [2.75, 3.05) is 0 Å². The summed E-state index contributed by atoms with van der Waals surface area (Å²) in [6, 6.07) is 12.0. The van der Waals surface area contributed by atoms with Gasteiger partial charge in [0.25, 0.3) is 0 Å². The largest absolute Gasteiger partial charge is 0.310 e. The van der Waals surface area contributed by atoms with Gasteiger partial charge in [-0.1, -0.05) is 72.5 Å². The van der Waals surface area contributed by atoms with Gasteiger partial charge in [-0.05, 0) is 29.8 Å². The van der Waals surface area contributed by atoms with Crippen LogP contribution in [0.1, 0.15) is 19.4 Å². The molecule has 0 spiro atoms. The molecule has 2 aromatic rings. The summed E-state index contributed by atoms with van der Waals surface area (Å²) in [6.07, 6.45) is 0. The molecule has 0 unspecified atom stereocenters. The van der Waals surface area contributed by atoms with Gasteiger partial charge in [0.2, 0.25) is 0 Å². The Hall–Kier alpha value is -0.380. The first-order valence-electron chi connectivity index (χ1n) is 6.61. The molecule has 0 amide bonds. The van der Waals surface area contributed by atoms with E-state index in [9.17, 15) is 0 Å². The van der Waals surface area contributed by atoms with E-state index >= 15 is 0 Å². The van der Waals surface area contributed by atoms with Crippen LogP contribution in [0, 0.1) is 0 Å². The molecule has 0 radical (unpaired) electrons. The van der Waals surface area contributed by atoms with E-state index in [1.165, 1.54) is 5.56 Å². The van der Waals surface area contributed by atoms with Crippen LogP contribution < -0.4 is 5.32 Å². The molecule has 0 saturated heterocycles. The first-order chi connectivity index (χ1) is 9.97. The Morgan fingerprint density at radius 3 is 2.43 bits per heavy atom. The Bertz CT molecular complexity index is 629. The lowest BCUT2D eigenvalue weighted by atomic mass is 10.2. The summed E-state index contributed by atoms with van der Waals surface area (Å²) in [4.78, 5) is 2.06. The maximum atomic E-state index is 6.36. The number of halogens is 3. The summed E-state index contributed by atoms with van der Waals surface area (Å²) >= 11 is 20.0. The Morgan fingerprint density at radius 2 is 1.76 bits per heavy atom. The van der Waals surface area contributed by atoms with Gasteiger partial charge in [0.05, 0.1) is 15.1 Å². The fourth-order valence-corrected chi connectivity index (χ4v) is 3.44. The van der Waals surface area contributed by atoms with Crippen molar-refractivity contribution >= 4 is 46.6 Å². The van der Waals surface area contributed by atoms with Gasteiger partial charge in [0, 0.05) is 22.4 Å². The molecule has 0 atom stereocenters. The lowest BCUT2D eigenvalue weighted by Crippen LogP contribution is -2.22. The lowest BCUT2D eigenvalue weighted by Gasteiger charge is -2.14. The number of benzene rings is 2. The van der Waals surface area contributed by atoms with E-state index in [-0.39, 0.29) is 0 Å². The minimum Gasteiger partial charge on any atom is -0.310 e. The predicted molar refractivity (Wildman–Crippen MR) is 94.0 cm³/mol. The van der Waals surface area contributed by atoms with E-state index in [0.29, 0.717) is 16.1 Å². The number of rotatable bonds is 5. The molecule has 0 aliphatic rings. The van der Waals surface area contributed by atoms with Crippen molar-refractivity contribution < 1.29 is 0 Å². The lowest BCUT2D eigenvalue weighted by molar-refractivity contribution is 0.585. The number of nitrogens with one attached hydrogen (secondary N) is 1. The average molecular weight is 361 g/mol. The van der Waals surface area contributed by atoms with Crippen molar-refractivity contribution in [3.63, 3.8) is 0 Å². The van der Waals surface area contributed by atoms with Crippen molar-refractivity contribution in [3.05, 3.63) is 57.0 Å². The second-order valence-electron chi connectivity index (χ2n) is 4.94. The smallest absolute Gasteiger partial charge is 0.0603 e. The Kier molecular flexibility index (Phi) is 6.27. The van der Waals surface area contributed by atoms with Crippen LogP contribution in [0.3, 0.4) is 0 Å². The fraction of sp³-hybridized carbons (Fsp3) is 0.250. The van der Waals surface area contributed by atoms with E-state index in [0.717, 1.165) is 21.4 Å². The van der Waals surface area contributed by atoms with Gasteiger partial charge in [0.1, 0.15) is 0 Å². The molecule has 1 nitrogen and oxygen atoms in total. The summed E-state index contributed by atoms with van der Waals surface area (Å²) in [5.74, 6) is 0. The van der Waals surface area contributed by atoms with E-state index in [4.69, 9.17) is 34.8 Å². The minimum absolute atomic E-state index is 0.423. The zero-order valence-electron chi connectivity index (χ0n) is 11.8. The quantitative estimate of drug-likeness (QED) is 0.672. The van der Waals surface area contributed by atoms with Crippen LogP contribution in [0.4, 0.5) is 0 Å². The Balaban J connectivity index is 2.27. The molecule has 0 aliphatic heterocycles. The molecule has 0 aliphatic carbocycles. The zero-order chi connectivity index (χ0) is 15.4. The van der Waals surface area contributed by atoms with Gasteiger partial charge in [-0.15, -0.1) is 0 Å². The van der Waals surface area contributed by atoms with Crippen LogP contribution in [0.25, 0.3) is 0 Å². The third-order valence-corrected chi connectivity index (χ3v) is 5.20. The summed E-state index contributed by atoms with van der Waals surface area (Å²) in [6.45, 7) is 5.02. The molecule has 2 rings (SSSR count). The van der Waals surface area contributed by atoms with E-state index in [1.54, 1.807) is 17.8 Å². The van der Waals surface area contributed by atoms with Crippen LogP contribution in [0.2, 0.25) is 15.1 Å². The second kappa shape index (κ2) is 7.75. The molecule has 2 aromatic carbocycles. The first kappa shape index (κ1) is 17.0. The van der Waals surface area contributed by atoms with Gasteiger partial charge in [0.15, 0.2) is 0 Å². The molecular formula is C16H16Cl3NS. The number of hydrogen-bond acceptors (Lipinski definition) is 2. The Labute approximate surface area is 145 Å². The van der Waals surface area contributed by atoms with E-state index < -0.39 is 0 Å². The van der Waals surface area contributed by atoms with Crippen molar-refractivity contribution in [3.8, 4) is 0 Å². The predicted octanol–water partition coefficient (Wildman–Crippen LogP) is 6.30. The topological polar surface area (TPSA) is 12.0 Å². The highest BCUT2D eigenvalue weighted by molar-refractivity contribution is 7.99. The third-order valence-electron chi connectivity index (χ3n) is 2.86. The summed E-state index contributed by atoms with van der Waals surface area (Å²) in [5, 5.41) is 5.27. The monoisotopic (exact) mass is 359 g/mol. The van der Waals surface area contributed by atoms with Gasteiger partial charge in [-0.2, -0.15) is 0 Å². The molecule has 1 N–H and O–H groups in total. The molecular weight excluding hydrogens is 345 g/mol. The zero-order valence-corrected chi connectivity index (χ0v) is 14.9. The van der Waals surface area contributed by atoms with Crippen molar-refractivity contribution in [2.24, 2.45) is 0 Å². The van der Waals surface area contributed by atoms with Gasteiger partial charge >= 0.3 is 0 Å². The Morgan fingerprint density at radius 1 is 1.00 bits per heavy atom. The molecule has 0 heterocycles. The highest BCUT2D eigenvalue weighted by Crippen LogP contribution is 2.38. The van der Waals surface area contributed by atoms with Crippen molar-refractivity contribution in [1.29, 1.82) is 0 Å². The van der Waals surface area contributed by atoms with Crippen molar-refractivity contribution in [2.45, 2.75) is 36.2 Å². The van der Waals surface area contributed by atoms with E-state index in [1.807, 2.05) is 24.3 Å². The highest BCUT2D eigenvalue weighted by atomic mass is 35.5. The van der Waals surface area contributed by atoms with E-state index in [2.05, 4.69) is 25.2 Å². The molecule has 0 bridgehead atoms. The average Bonchev–Trinajstić information content (AvgIpc) is 2.43. The molecule has 112 valence electrons. The standard InChI is InChI=1S/C16H16Cl3NS/c1-10(2)20-9-11-4-3-5-14(18)16(11)21-12-6-7-13(17)15(19)8-12/h3-8,10,20H,9H2,1-2H3. The first-order valence-corrected chi connectivity index (χ1v) is 8.56. The summed E-state index contributed by atoms with van der Waals surface area (Å²) < 4.78 is 0. The van der Waals surface area contributed by atoms with Crippen LogP contribution >= 0.6 is 46.6 Å². The number of hydrogen-bond donors (Lipinski definition) is 1. The maximum Gasteiger partial charge on any atom is 0.0603 e. The molecule has 0 aromatic heterocycles. The third kappa shape index (κ3) is 4.80. The molecule has 0 fully saturated rings. The normalized spacial score (nSPS) is 11.1. The van der Waals surface area contributed by atoms with Crippen molar-refractivity contribution in [1.82, 2.24) is 5.32 Å². The van der Waals surface area contributed by atoms with Crippen LogP contribution in [0.15, 0.2) is 46.2 Å². The molecule has 21 heavy (non-hydrogen) atoms. The maximum absolute atomic E-state index is 6.36. The second-order valence-corrected chi connectivity index (χ2v) is 7.25. The summed E-state index contributed by atoms with van der Waals surface area (Å²) in [7, 11) is 0. The van der Waals surface area contributed by atoms with Gasteiger partial charge in [-0.3, -0.25) is 0 Å². The molecule has 5 heteroatoms. The highest BCUT2D eigenvalue weighted by Gasteiger charge is 2.10. The van der Waals surface area contributed by atoms with Crippen LogP contribution in [0.5, 0.6) is 0 Å². The minimum atomic E-state index is 0.423. The summed E-state index contributed by atoms with van der Waals surface area (Å²) in [5.41, 5.74) is 1.17. The SMILES string of the molecule is CC(C)NCc1cccc(Cl)c1Sc1ccc(Cl)c(Cl)c1. The van der Waals surface area contributed by atoms with Crippen LogP contribution in [-0.2, 0) is 6.54 Å². The van der Waals surface area contributed by atoms with Crippen LogP contribution in [-0.4, -0.2) is 6.04 Å².